The molecule has 2 amide bonds. The number of nitrogens with zero attached hydrogens (tertiary/aromatic N) is 2. The molecule has 1 saturated heterocycles. The van der Waals surface area contributed by atoms with Crippen LogP contribution in [0.5, 0.6) is 11.5 Å². The summed E-state index contributed by atoms with van der Waals surface area (Å²) in [6.07, 6.45) is 0.135. The van der Waals surface area contributed by atoms with E-state index in [9.17, 15) is 9.59 Å². The van der Waals surface area contributed by atoms with Crippen molar-refractivity contribution in [3.8, 4) is 11.5 Å². The van der Waals surface area contributed by atoms with Crippen molar-refractivity contribution in [3.05, 3.63) is 18.2 Å². The quantitative estimate of drug-likeness (QED) is 0.558. The van der Waals surface area contributed by atoms with Gasteiger partial charge in [0.15, 0.2) is 11.5 Å². The van der Waals surface area contributed by atoms with Gasteiger partial charge in [0.1, 0.15) is 0 Å². The Kier molecular flexibility index (Phi) is 8.88. The van der Waals surface area contributed by atoms with Crippen LogP contribution in [0.4, 0.5) is 10.5 Å². The summed E-state index contributed by atoms with van der Waals surface area (Å²) < 4.78 is 15.5. The largest absolute Gasteiger partial charge is 0.473 e. The fourth-order valence-corrected chi connectivity index (χ4v) is 2.83. The van der Waals surface area contributed by atoms with Crippen molar-refractivity contribution in [2.75, 3.05) is 51.4 Å². The first-order valence-electron chi connectivity index (χ1n) is 9.60. The molecule has 2 aliphatic rings. The number of rotatable bonds is 5. The lowest BCUT2D eigenvalue weighted by atomic mass is 10.2. The van der Waals surface area contributed by atoms with Gasteiger partial charge in [-0.05, 0) is 19.1 Å². The SMILES string of the molecule is CCOC(=O)N1CCN(CCC(=O)Nc2ccc3c(c2)OCO3)CC1.O=C(O)C(=O)O. The van der Waals surface area contributed by atoms with Gasteiger partial charge in [0.05, 0.1) is 6.61 Å². The predicted molar refractivity (Wildman–Crippen MR) is 106 cm³/mol. The molecule has 170 valence electrons. The van der Waals surface area contributed by atoms with Crippen molar-refractivity contribution in [3.63, 3.8) is 0 Å². The third-order valence-corrected chi connectivity index (χ3v) is 4.39. The molecule has 1 aromatic carbocycles. The number of ether oxygens (including phenoxy) is 3. The average molecular weight is 439 g/mol. The maximum Gasteiger partial charge on any atom is 0.414 e. The fraction of sp³-hybridized carbons (Fsp3) is 0.474. The van der Waals surface area contributed by atoms with Crippen LogP contribution in [0, 0.1) is 0 Å². The van der Waals surface area contributed by atoms with E-state index in [1.807, 2.05) is 0 Å². The van der Waals surface area contributed by atoms with Gasteiger partial charge in [-0.3, -0.25) is 9.69 Å². The smallest absolute Gasteiger partial charge is 0.414 e. The minimum Gasteiger partial charge on any atom is -0.473 e. The number of carbonyl (C=O) groups is 4. The molecule has 3 rings (SSSR count). The number of hydrogen-bond donors (Lipinski definition) is 3. The predicted octanol–water partition coefficient (Wildman–Crippen LogP) is 0.674. The Bertz CT molecular complexity index is 795. The second-order valence-electron chi connectivity index (χ2n) is 6.50. The van der Waals surface area contributed by atoms with E-state index in [0.717, 1.165) is 13.1 Å². The minimum atomic E-state index is -1.82. The Morgan fingerprint density at radius 2 is 1.68 bits per heavy atom. The van der Waals surface area contributed by atoms with Crippen molar-refractivity contribution in [2.45, 2.75) is 13.3 Å². The zero-order valence-corrected chi connectivity index (χ0v) is 17.0. The summed E-state index contributed by atoms with van der Waals surface area (Å²) in [4.78, 5) is 45.9. The Hall–Kier alpha value is -3.54. The zero-order valence-electron chi connectivity index (χ0n) is 17.0. The molecular weight excluding hydrogens is 414 g/mol. The van der Waals surface area contributed by atoms with E-state index in [4.69, 9.17) is 34.0 Å². The van der Waals surface area contributed by atoms with E-state index in [2.05, 4.69) is 10.2 Å². The molecule has 0 aromatic heterocycles. The summed E-state index contributed by atoms with van der Waals surface area (Å²) in [5.74, 6) is -2.36. The van der Waals surface area contributed by atoms with E-state index in [1.54, 1.807) is 30.0 Å². The summed E-state index contributed by atoms with van der Waals surface area (Å²) in [5.41, 5.74) is 0.696. The molecule has 0 unspecified atom stereocenters. The Labute approximate surface area is 178 Å². The number of carboxylic acid groups (broad SMARTS) is 2. The van der Waals surface area contributed by atoms with Crippen LogP contribution in [0.15, 0.2) is 18.2 Å². The van der Waals surface area contributed by atoms with E-state index in [0.29, 0.717) is 49.8 Å². The number of hydrogen-bond acceptors (Lipinski definition) is 8. The highest BCUT2D eigenvalue weighted by Gasteiger charge is 2.22. The molecule has 3 N–H and O–H groups in total. The molecule has 0 bridgehead atoms. The van der Waals surface area contributed by atoms with Crippen LogP contribution in [0.1, 0.15) is 13.3 Å². The van der Waals surface area contributed by atoms with Crippen LogP contribution < -0.4 is 14.8 Å². The van der Waals surface area contributed by atoms with Gasteiger partial charge in [0.2, 0.25) is 12.7 Å². The Balaban J connectivity index is 0.000000501. The lowest BCUT2D eigenvalue weighted by Gasteiger charge is -2.33. The summed E-state index contributed by atoms with van der Waals surface area (Å²) >= 11 is 0. The van der Waals surface area contributed by atoms with Crippen LogP contribution in [0.3, 0.4) is 0 Å². The summed E-state index contributed by atoms with van der Waals surface area (Å²) in [5, 5.41) is 17.7. The number of fused-ring (bicyclic) bond motifs is 1. The van der Waals surface area contributed by atoms with Crippen LogP contribution >= 0.6 is 0 Å². The molecule has 0 spiro atoms. The summed E-state index contributed by atoms with van der Waals surface area (Å²) in [6, 6.07) is 5.34. The molecule has 0 aliphatic carbocycles. The van der Waals surface area contributed by atoms with E-state index in [1.165, 1.54) is 0 Å². The van der Waals surface area contributed by atoms with Crippen LogP contribution in [0.2, 0.25) is 0 Å². The number of carboxylic acids is 2. The number of amides is 2. The molecule has 0 atom stereocenters. The fourth-order valence-electron chi connectivity index (χ4n) is 2.83. The number of nitrogens with one attached hydrogen (secondary N) is 1. The summed E-state index contributed by atoms with van der Waals surface area (Å²) in [6.45, 7) is 5.81. The number of carbonyl (C=O) groups excluding carboxylic acids is 2. The lowest BCUT2D eigenvalue weighted by molar-refractivity contribution is -0.159. The Morgan fingerprint density at radius 1 is 1.03 bits per heavy atom. The van der Waals surface area contributed by atoms with E-state index >= 15 is 0 Å². The van der Waals surface area contributed by atoms with Crippen molar-refractivity contribution < 1.29 is 43.6 Å². The first-order valence-corrected chi connectivity index (χ1v) is 9.60. The number of piperazine rings is 1. The molecule has 2 aliphatic heterocycles. The number of benzene rings is 1. The zero-order chi connectivity index (χ0) is 22.8. The molecule has 1 fully saturated rings. The van der Waals surface area contributed by atoms with E-state index in [-0.39, 0.29) is 18.8 Å². The molecule has 1 aromatic rings. The summed E-state index contributed by atoms with van der Waals surface area (Å²) in [7, 11) is 0. The van der Waals surface area contributed by atoms with Gasteiger partial charge in [-0.25, -0.2) is 14.4 Å². The topological polar surface area (TPSA) is 155 Å². The first-order chi connectivity index (χ1) is 14.8. The van der Waals surface area contributed by atoms with Crippen molar-refractivity contribution >= 4 is 29.6 Å². The maximum absolute atomic E-state index is 12.1. The molecule has 31 heavy (non-hydrogen) atoms. The van der Waals surface area contributed by atoms with Gasteiger partial charge in [0.25, 0.3) is 0 Å². The van der Waals surface area contributed by atoms with Gasteiger partial charge >= 0.3 is 18.0 Å². The molecule has 0 radical (unpaired) electrons. The Morgan fingerprint density at radius 3 is 2.29 bits per heavy atom. The average Bonchev–Trinajstić information content (AvgIpc) is 3.21. The number of aliphatic carboxylic acids is 2. The first kappa shape index (κ1) is 23.7. The molecular formula is C19H25N3O9. The molecule has 12 heteroatoms. The molecule has 0 saturated carbocycles. The van der Waals surface area contributed by atoms with Crippen molar-refractivity contribution in [2.24, 2.45) is 0 Å². The van der Waals surface area contributed by atoms with Gasteiger partial charge in [-0.15, -0.1) is 0 Å². The van der Waals surface area contributed by atoms with Gasteiger partial charge in [-0.1, -0.05) is 0 Å². The normalized spacial score (nSPS) is 14.8. The highest BCUT2D eigenvalue weighted by molar-refractivity contribution is 6.27. The standard InChI is InChI=1S/C17H23N3O5.C2H2O4/c1-2-23-17(22)20-9-7-19(8-10-20)6-5-16(21)18-13-3-4-14-15(11-13)25-12-24-14;3-1(4)2(5)6/h3-4,11H,2,5-10,12H2,1H3,(H,18,21);(H,3,4)(H,5,6). The lowest BCUT2D eigenvalue weighted by Crippen LogP contribution is -2.49. The van der Waals surface area contributed by atoms with Crippen LogP contribution in [0.25, 0.3) is 0 Å². The number of anilines is 1. The maximum atomic E-state index is 12.1. The second-order valence-corrected chi connectivity index (χ2v) is 6.50. The van der Waals surface area contributed by atoms with Crippen molar-refractivity contribution in [1.29, 1.82) is 0 Å². The minimum absolute atomic E-state index is 0.0494. The van der Waals surface area contributed by atoms with E-state index < -0.39 is 11.9 Å². The monoisotopic (exact) mass is 439 g/mol. The van der Waals surface area contributed by atoms with Crippen LogP contribution in [-0.2, 0) is 19.1 Å². The molecule has 2 heterocycles. The van der Waals surface area contributed by atoms with Crippen molar-refractivity contribution in [1.82, 2.24) is 9.80 Å². The van der Waals surface area contributed by atoms with Crippen LogP contribution in [-0.4, -0.2) is 90.1 Å². The van der Waals surface area contributed by atoms with Gasteiger partial charge in [-0.2, -0.15) is 0 Å². The third kappa shape index (κ3) is 7.66. The molecule has 12 nitrogen and oxygen atoms in total. The third-order valence-electron chi connectivity index (χ3n) is 4.39. The van der Waals surface area contributed by atoms with Gasteiger partial charge in [0, 0.05) is 50.9 Å². The van der Waals surface area contributed by atoms with Gasteiger partial charge < -0.3 is 34.6 Å². The highest BCUT2D eigenvalue weighted by Crippen LogP contribution is 2.34. The second kappa shape index (κ2) is 11.6. The highest BCUT2D eigenvalue weighted by atomic mass is 16.7.